The zero-order valence-corrected chi connectivity index (χ0v) is 17.8. The predicted octanol–water partition coefficient (Wildman–Crippen LogP) is 4.51. The van der Waals surface area contributed by atoms with Crippen LogP contribution >= 0.6 is 15.9 Å². The molecule has 0 atom stereocenters. The Kier molecular flexibility index (Phi) is 7.34. The summed E-state index contributed by atoms with van der Waals surface area (Å²) < 4.78 is 11.5. The van der Waals surface area contributed by atoms with Crippen molar-refractivity contribution in [2.24, 2.45) is 5.10 Å². The second kappa shape index (κ2) is 10.4. The molecule has 0 saturated carbocycles. The van der Waals surface area contributed by atoms with E-state index in [2.05, 4.69) is 26.5 Å². The molecule has 0 aliphatic heterocycles. The van der Waals surface area contributed by atoms with Crippen molar-refractivity contribution in [1.82, 2.24) is 5.43 Å². The topological polar surface area (TPSA) is 77.0 Å². The van der Waals surface area contributed by atoms with Crippen LogP contribution in [0, 0.1) is 6.92 Å². The zero-order valence-electron chi connectivity index (χ0n) is 16.2. The van der Waals surface area contributed by atoms with Crippen LogP contribution in [-0.4, -0.2) is 24.7 Å². The van der Waals surface area contributed by atoms with E-state index in [0.717, 1.165) is 11.1 Å². The molecule has 3 rings (SSSR count). The van der Waals surface area contributed by atoms with Crippen molar-refractivity contribution in [1.29, 1.82) is 0 Å². The van der Waals surface area contributed by atoms with Gasteiger partial charge in [-0.1, -0.05) is 30.3 Å². The molecule has 0 unspecified atom stereocenters. The van der Waals surface area contributed by atoms with Gasteiger partial charge in [0.25, 0.3) is 5.91 Å². The van der Waals surface area contributed by atoms with E-state index in [0.29, 0.717) is 21.5 Å². The van der Waals surface area contributed by atoms with E-state index < -0.39 is 5.97 Å². The summed E-state index contributed by atoms with van der Waals surface area (Å²) in [4.78, 5) is 24.1. The molecule has 1 amide bonds. The Morgan fingerprint density at radius 1 is 1.00 bits per heavy atom. The van der Waals surface area contributed by atoms with Crippen molar-refractivity contribution < 1.29 is 19.1 Å². The first-order chi connectivity index (χ1) is 14.5. The standard InChI is InChI=1S/C23H19BrN2O4/c1-16-6-2-5-9-21(16)29-15-22(27)26-25-14-17-10-12-18(13-11-17)30-23(28)19-7-3-4-8-20(19)24/h2-14H,15H2,1H3,(H,26,27)/b25-14+. The zero-order chi connectivity index (χ0) is 21.3. The van der Waals surface area contributed by atoms with Crippen molar-refractivity contribution in [3.8, 4) is 11.5 Å². The monoisotopic (exact) mass is 466 g/mol. The molecule has 0 aliphatic rings. The summed E-state index contributed by atoms with van der Waals surface area (Å²) in [6.07, 6.45) is 1.49. The van der Waals surface area contributed by atoms with Crippen molar-refractivity contribution in [3.63, 3.8) is 0 Å². The highest BCUT2D eigenvalue weighted by Gasteiger charge is 2.11. The van der Waals surface area contributed by atoms with Gasteiger partial charge in [-0.2, -0.15) is 5.10 Å². The number of carbonyl (C=O) groups excluding carboxylic acids is 2. The second-order valence-corrected chi connectivity index (χ2v) is 7.14. The smallest absolute Gasteiger partial charge is 0.344 e. The lowest BCUT2D eigenvalue weighted by Crippen LogP contribution is -2.24. The minimum absolute atomic E-state index is 0.133. The SMILES string of the molecule is Cc1ccccc1OCC(=O)N/N=C/c1ccc(OC(=O)c2ccccc2Br)cc1. The Balaban J connectivity index is 1.48. The number of aryl methyl sites for hydroxylation is 1. The third-order valence-electron chi connectivity index (χ3n) is 4.04. The number of para-hydroxylation sites is 1. The van der Waals surface area contributed by atoms with E-state index in [9.17, 15) is 9.59 Å². The van der Waals surface area contributed by atoms with Crippen LogP contribution in [0.25, 0.3) is 0 Å². The molecule has 0 aliphatic carbocycles. The molecule has 7 heteroatoms. The Labute approximate surface area is 182 Å². The van der Waals surface area contributed by atoms with Crippen LogP contribution in [0.1, 0.15) is 21.5 Å². The average molecular weight is 467 g/mol. The van der Waals surface area contributed by atoms with Crippen LogP contribution < -0.4 is 14.9 Å². The molecule has 30 heavy (non-hydrogen) atoms. The summed E-state index contributed by atoms with van der Waals surface area (Å²) in [6.45, 7) is 1.77. The number of hydrogen-bond donors (Lipinski definition) is 1. The fourth-order valence-electron chi connectivity index (χ4n) is 2.48. The number of nitrogens with one attached hydrogen (secondary N) is 1. The maximum atomic E-state index is 12.2. The first-order valence-corrected chi connectivity index (χ1v) is 9.89. The summed E-state index contributed by atoms with van der Waals surface area (Å²) in [5.74, 6) is 0.242. The molecule has 3 aromatic rings. The maximum absolute atomic E-state index is 12.2. The summed E-state index contributed by atoms with van der Waals surface area (Å²) >= 11 is 3.33. The van der Waals surface area contributed by atoms with E-state index >= 15 is 0 Å². The number of hydrogen-bond acceptors (Lipinski definition) is 5. The third kappa shape index (κ3) is 6.02. The highest BCUT2D eigenvalue weighted by atomic mass is 79.9. The minimum Gasteiger partial charge on any atom is -0.483 e. The lowest BCUT2D eigenvalue weighted by atomic mass is 10.2. The summed E-state index contributed by atoms with van der Waals surface area (Å²) in [6, 6.07) is 21.3. The van der Waals surface area contributed by atoms with E-state index in [1.165, 1.54) is 6.21 Å². The first kappa shape index (κ1) is 21.3. The van der Waals surface area contributed by atoms with Crippen LogP contribution in [0.15, 0.2) is 82.4 Å². The molecule has 1 N–H and O–H groups in total. The van der Waals surface area contributed by atoms with Crippen LogP contribution in [0.2, 0.25) is 0 Å². The van der Waals surface area contributed by atoms with Gasteiger partial charge in [0.15, 0.2) is 6.61 Å². The molecule has 0 heterocycles. The van der Waals surface area contributed by atoms with E-state index in [4.69, 9.17) is 9.47 Å². The highest BCUT2D eigenvalue weighted by molar-refractivity contribution is 9.10. The highest BCUT2D eigenvalue weighted by Crippen LogP contribution is 2.19. The van der Waals surface area contributed by atoms with Crippen molar-refractivity contribution in [3.05, 3.63) is 94.0 Å². The van der Waals surface area contributed by atoms with Crippen LogP contribution in [0.5, 0.6) is 11.5 Å². The quantitative estimate of drug-likeness (QED) is 0.240. The lowest BCUT2D eigenvalue weighted by Gasteiger charge is -2.07. The van der Waals surface area contributed by atoms with Crippen molar-refractivity contribution >= 4 is 34.0 Å². The third-order valence-corrected chi connectivity index (χ3v) is 4.73. The molecule has 0 radical (unpaired) electrons. The molecule has 152 valence electrons. The molecule has 6 nitrogen and oxygen atoms in total. The largest absolute Gasteiger partial charge is 0.483 e. The van der Waals surface area contributed by atoms with Gasteiger partial charge < -0.3 is 9.47 Å². The Bertz CT molecular complexity index is 1060. The van der Waals surface area contributed by atoms with Gasteiger partial charge in [-0.05, 0) is 76.4 Å². The molecule has 0 spiro atoms. The molecule has 0 saturated heterocycles. The number of hydrazone groups is 1. The van der Waals surface area contributed by atoms with Gasteiger partial charge >= 0.3 is 5.97 Å². The van der Waals surface area contributed by atoms with Crippen molar-refractivity contribution in [2.45, 2.75) is 6.92 Å². The number of carbonyl (C=O) groups is 2. The van der Waals surface area contributed by atoms with Crippen LogP contribution in [-0.2, 0) is 4.79 Å². The number of rotatable bonds is 7. The molecular formula is C23H19BrN2O4. The van der Waals surface area contributed by atoms with Gasteiger partial charge in [0.1, 0.15) is 11.5 Å². The molecular weight excluding hydrogens is 448 g/mol. The molecule has 0 aromatic heterocycles. The number of benzene rings is 3. The second-order valence-electron chi connectivity index (χ2n) is 6.29. The van der Waals surface area contributed by atoms with Gasteiger partial charge in [0.2, 0.25) is 0 Å². The summed E-state index contributed by atoms with van der Waals surface area (Å²) in [7, 11) is 0. The van der Waals surface area contributed by atoms with Crippen LogP contribution in [0.3, 0.4) is 0 Å². The van der Waals surface area contributed by atoms with Crippen LogP contribution in [0.4, 0.5) is 0 Å². The molecule has 0 fully saturated rings. The first-order valence-electron chi connectivity index (χ1n) is 9.10. The van der Waals surface area contributed by atoms with Crippen molar-refractivity contribution in [2.75, 3.05) is 6.61 Å². The molecule has 3 aromatic carbocycles. The maximum Gasteiger partial charge on any atom is 0.344 e. The lowest BCUT2D eigenvalue weighted by molar-refractivity contribution is -0.123. The number of halogens is 1. The van der Waals surface area contributed by atoms with Gasteiger partial charge in [0.05, 0.1) is 11.8 Å². The van der Waals surface area contributed by atoms with Gasteiger partial charge in [-0.15, -0.1) is 0 Å². The Morgan fingerprint density at radius 3 is 2.43 bits per heavy atom. The van der Waals surface area contributed by atoms with E-state index in [1.807, 2.05) is 31.2 Å². The van der Waals surface area contributed by atoms with Gasteiger partial charge in [-0.3, -0.25) is 4.79 Å². The van der Waals surface area contributed by atoms with Gasteiger partial charge in [0, 0.05) is 4.47 Å². The van der Waals surface area contributed by atoms with E-state index in [1.54, 1.807) is 48.5 Å². The number of nitrogens with zero attached hydrogens (tertiary/aromatic N) is 1. The number of amides is 1. The Hall–Kier alpha value is -3.45. The normalized spacial score (nSPS) is 10.6. The fraction of sp³-hybridized carbons (Fsp3) is 0.0870. The summed E-state index contributed by atoms with van der Waals surface area (Å²) in [5.41, 5.74) is 4.54. The summed E-state index contributed by atoms with van der Waals surface area (Å²) in [5, 5.41) is 3.91. The Morgan fingerprint density at radius 2 is 1.70 bits per heavy atom. The molecule has 0 bridgehead atoms. The number of esters is 1. The number of ether oxygens (including phenoxy) is 2. The average Bonchev–Trinajstić information content (AvgIpc) is 2.74. The van der Waals surface area contributed by atoms with Gasteiger partial charge in [-0.25, -0.2) is 10.2 Å². The fourth-order valence-corrected chi connectivity index (χ4v) is 2.93. The van der Waals surface area contributed by atoms with E-state index in [-0.39, 0.29) is 12.5 Å². The minimum atomic E-state index is -0.454. The predicted molar refractivity (Wildman–Crippen MR) is 118 cm³/mol.